The van der Waals surface area contributed by atoms with Gasteiger partial charge >= 0.3 is 12.0 Å². The zero-order valence-electron chi connectivity index (χ0n) is 17.6. The smallest absolute Gasteiger partial charge is 0.337 e. The monoisotopic (exact) mass is 435 g/mol. The van der Waals surface area contributed by atoms with Crippen LogP contribution in [-0.2, 0) is 10.3 Å². The number of anilines is 1. The van der Waals surface area contributed by atoms with Gasteiger partial charge in [-0.15, -0.1) is 0 Å². The summed E-state index contributed by atoms with van der Waals surface area (Å²) < 4.78 is 25.0. The number of amides is 2. The van der Waals surface area contributed by atoms with Gasteiger partial charge in [-0.05, 0) is 54.4 Å². The topological polar surface area (TPSA) is 89.5 Å². The molecular weight excluding hydrogens is 413 g/mol. The summed E-state index contributed by atoms with van der Waals surface area (Å²) in [5, 5.41) is 5.73. The first-order valence-electron chi connectivity index (χ1n) is 10.1. The van der Waals surface area contributed by atoms with Crippen molar-refractivity contribution >= 4 is 17.7 Å². The molecule has 0 bridgehead atoms. The Morgan fingerprint density at radius 2 is 2.00 bits per heavy atom. The fraction of sp³-hybridized carbons (Fsp3) is 0.208. The summed E-state index contributed by atoms with van der Waals surface area (Å²) in [6.07, 6.45) is 1.96. The van der Waals surface area contributed by atoms with E-state index in [1.54, 1.807) is 55.6 Å². The Hall–Kier alpha value is -3.94. The zero-order valence-corrected chi connectivity index (χ0v) is 17.6. The molecule has 2 amide bonds. The van der Waals surface area contributed by atoms with Gasteiger partial charge in [0.1, 0.15) is 22.8 Å². The number of esters is 1. The molecule has 164 valence electrons. The van der Waals surface area contributed by atoms with Crippen molar-refractivity contribution in [1.82, 2.24) is 10.3 Å². The van der Waals surface area contributed by atoms with Crippen LogP contribution in [0.2, 0.25) is 0 Å². The molecule has 8 heteroatoms. The Balaban J connectivity index is 1.70. The number of ether oxygens (including phenoxy) is 2. The summed E-state index contributed by atoms with van der Waals surface area (Å²) in [7, 11) is 1.29. The lowest BCUT2D eigenvalue weighted by atomic mass is 9.81. The minimum atomic E-state index is -1.10. The number of carbonyl (C=O) groups is 2. The van der Waals surface area contributed by atoms with Crippen molar-refractivity contribution in [3.63, 3.8) is 0 Å². The minimum Gasteiger partial charge on any atom is -0.491 e. The van der Waals surface area contributed by atoms with E-state index >= 15 is 0 Å². The van der Waals surface area contributed by atoms with Crippen LogP contribution in [0.4, 0.5) is 14.9 Å². The molecule has 1 atom stereocenters. The van der Waals surface area contributed by atoms with Crippen LogP contribution >= 0.6 is 0 Å². The van der Waals surface area contributed by atoms with Gasteiger partial charge in [0.2, 0.25) is 0 Å². The second kappa shape index (κ2) is 8.66. The summed E-state index contributed by atoms with van der Waals surface area (Å²) in [5.74, 6) is -0.366. The fourth-order valence-corrected chi connectivity index (χ4v) is 3.79. The number of rotatable bonds is 4. The highest BCUT2D eigenvalue weighted by atomic mass is 19.1. The van der Waals surface area contributed by atoms with E-state index in [2.05, 4.69) is 15.6 Å². The highest BCUT2D eigenvalue weighted by molar-refractivity contribution is 5.94. The fourth-order valence-electron chi connectivity index (χ4n) is 3.79. The molecule has 2 N–H and O–H groups in total. The van der Waals surface area contributed by atoms with Gasteiger partial charge in [-0.2, -0.15) is 0 Å². The van der Waals surface area contributed by atoms with E-state index < -0.39 is 17.5 Å². The second-order valence-electron chi connectivity index (χ2n) is 7.47. The van der Waals surface area contributed by atoms with Gasteiger partial charge in [0.05, 0.1) is 19.3 Å². The van der Waals surface area contributed by atoms with Crippen molar-refractivity contribution in [2.75, 3.05) is 19.0 Å². The first kappa shape index (κ1) is 21.3. The Bertz CT molecular complexity index is 1180. The van der Waals surface area contributed by atoms with Gasteiger partial charge in [-0.1, -0.05) is 18.2 Å². The number of urea groups is 1. The van der Waals surface area contributed by atoms with E-state index in [4.69, 9.17) is 9.47 Å². The number of fused-ring (bicyclic) bond motifs is 1. The van der Waals surface area contributed by atoms with E-state index in [0.29, 0.717) is 46.8 Å². The molecule has 0 fully saturated rings. The second-order valence-corrected chi connectivity index (χ2v) is 7.47. The first-order valence-corrected chi connectivity index (χ1v) is 10.1. The average Bonchev–Trinajstić information content (AvgIpc) is 2.80. The number of benzene rings is 2. The third-order valence-corrected chi connectivity index (χ3v) is 5.44. The third kappa shape index (κ3) is 3.99. The summed E-state index contributed by atoms with van der Waals surface area (Å²) in [6.45, 7) is 1.99. The summed E-state index contributed by atoms with van der Waals surface area (Å²) >= 11 is 0. The Morgan fingerprint density at radius 1 is 1.16 bits per heavy atom. The molecule has 0 unspecified atom stereocenters. The van der Waals surface area contributed by atoms with E-state index in [9.17, 15) is 14.0 Å². The molecule has 3 aromatic rings. The quantitative estimate of drug-likeness (QED) is 0.601. The molecule has 4 rings (SSSR count). The number of hydrogen-bond acceptors (Lipinski definition) is 5. The van der Waals surface area contributed by atoms with E-state index in [0.717, 1.165) is 0 Å². The molecule has 0 spiro atoms. The minimum absolute atomic E-state index is 0.304. The predicted octanol–water partition coefficient (Wildman–Crippen LogP) is 4.16. The lowest BCUT2D eigenvalue weighted by Gasteiger charge is -2.39. The van der Waals surface area contributed by atoms with Crippen molar-refractivity contribution < 1.29 is 23.5 Å². The van der Waals surface area contributed by atoms with Crippen LogP contribution in [0.1, 0.15) is 33.6 Å². The highest BCUT2D eigenvalue weighted by Gasteiger charge is 2.42. The summed E-state index contributed by atoms with van der Waals surface area (Å²) in [6, 6.07) is 14.2. The number of carbonyl (C=O) groups excluding carboxylic acids is 2. The molecule has 2 aromatic carbocycles. The number of aryl methyl sites for hydroxylation is 1. The number of hydrogen-bond donors (Lipinski definition) is 2. The molecule has 1 aliphatic heterocycles. The van der Waals surface area contributed by atoms with Gasteiger partial charge in [0.15, 0.2) is 0 Å². The Labute approximate surface area is 184 Å². The predicted molar refractivity (Wildman–Crippen MR) is 116 cm³/mol. The lowest BCUT2D eigenvalue weighted by molar-refractivity contribution is 0.0600. The molecule has 0 radical (unpaired) electrons. The zero-order chi connectivity index (χ0) is 22.7. The highest BCUT2D eigenvalue weighted by Crippen LogP contribution is 2.40. The van der Waals surface area contributed by atoms with Gasteiger partial charge < -0.3 is 20.1 Å². The molecule has 1 aliphatic rings. The third-order valence-electron chi connectivity index (χ3n) is 5.44. The van der Waals surface area contributed by atoms with Gasteiger partial charge in [-0.25, -0.2) is 14.0 Å². The van der Waals surface area contributed by atoms with Crippen molar-refractivity contribution in [3.8, 4) is 5.75 Å². The van der Waals surface area contributed by atoms with Crippen molar-refractivity contribution in [2.45, 2.75) is 18.9 Å². The largest absolute Gasteiger partial charge is 0.491 e. The van der Waals surface area contributed by atoms with Gasteiger partial charge in [0, 0.05) is 18.3 Å². The Morgan fingerprint density at radius 3 is 2.78 bits per heavy atom. The van der Waals surface area contributed by atoms with E-state index in [1.807, 2.05) is 0 Å². The molecule has 0 saturated carbocycles. The van der Waals surface area contributed by atoms with Crippen LogP contribution in [0.15, 0.2) is 60.8 Å². The van der Waals surface area contributed by atoms with Crippen molar-refractivity contribution in [2.24, 2.45) is 0 Å². The summed E-state index contributed by atoms with van der Waals surface area (Å²) in [5.41, 5.74) is 1.16. The SMILES string of the molecule is COC(=O)c1cccc(NC(=O)N[C@]2(c3ccc(C)c(F)c3)CCOc3cccnc32)c1. The van der Waals surface area contributed by atoms with Crippen molar-refractivity contribution in [1.29, 1.82) is 0 Å². The number of pyridine rings is 1. The van der Waals surface area contributed by atoms with Crippen LogP contribution in [0.3, 0.4) is 0 Å². The number of methoxy groups -OCH3 is 1. The number of aromatic nitrogens is 1. The van der Waals surface area contributed by atoms with Crippen molar-refractivity contribution in [3.05, 3.63) is 89.0 Å². The maximum Gasteiger partial charge on any atom is 0.337 e. The molecule has 7 nitrogen and oxygen atoms in total. The van der Waals surface area contributed by atoms with E-state index in [1.165, 1.54) is 19.2 Å². The molecule has 2 heterocycles. The van der Waals surface area contributed by atoms with Crippen LogP contribution < -0.4 is 15.4 Å². The van der Waals surface area contributed by atoms with Crippen LogP contribution in [-0.4, -0.2) is 30.7 Å². The standard InChI is InChI=1S/C24H22FN3O4/c1-15-8-9-17(14-19(15)25)24(10-12-32-20-7-4-11-26-21(20)24)28-23(30)27-18-6-3-5-16(13-18)22(29)31-2/h3-9,11,13-14H,10,12H2,1-2H3,(H2,27,28,30)/t24-/m0/s1. The number of halogens is 1. The van der Waals surface area contributed by atoms with E-state index in [-0.39, 0.29) is 5.82 Å². The molecule has 0 aliphatic carbocycles. The maximum atomic E-state index is 14.5. The molecule has 1 aromatic heterocycles. The lowest BCUT2D eigenvalue weighted by Crippen LogP contribution is -2.51. The van der Waals surface area contributed by atoms with Gasteiger partial charge in [0.25, 0.3) is 0 Å². The number of nitrogens with zero attached hydrogens (tertiary/aromatic N) is 1. The maximum absolute atomic E-state index is 14.5. The van der Waals surface area contributed by atoms with Crippen LogP contribution in [0.25, 0.3) is 0 Å². The molecular formula is C24H22FN3O4. The molecule has 0 saturated heterocycles. The number of nitrogens with one attached hydrogen (secondary N) is 2. The normalized spacial score (nSPS) is 17.0. The summed E-state index contributed by atoms with van der Waals surface area (Å²) in [4.78, 5) is 29.3. The van der Waals surface area contributed by atoms with Crippen LogP contribution in [0, 0.1) is 12.7 Å². The van der Waals surface area contributed by atoms with Crippen LogP contribution in [0.5, 0.6) is 5.75 Å². The average molecular weight is 435 g/mol. The molecule has 32 heavy (non-hydrogen) atoms. The van der Waals surface area contributed by atoms with Gasteiger partial charge in [-0.3, -0.25) is 4.98 Å². The first-order chi connectivity index (χ1) is 15.4. The Kier molecular flexibility index (Phi) is 5.77.